The Balaban J connectivity index is 2.22. The van der Waals surface area contributed by atoms with Crippen LogP contribution in [0.4, 0.5) is 4.39 Å². The zero-order valence-corrected chi connectivity index (χ0v) is 12.4. The monoisotopic (exact) mass is 344 g/mol. The molecule has 0 aliphatic carbocycles. The predicted molar refractivity (Wildman–Crippen MR) is 81.6 cm³/mol. The molecule has 3 aromatic rings. The minimum absolute atomic E-state index is 0.226. The quantitative estimate of drug-likeness (QED) is 0.766. The maximum absolute atomic E-state index is 14.2. The van der Waals surface area contributed by atoms with Crippen LogP contribution in [0.25, 0.3) is 16.6 Å². The molecule has 0 aliphatic heterocycles. The van der Waals surface area contributed by atoms with Gasteiger partial charge in [0, 0.05) is 16.1 Å². The molecule has 0 atom stereocenters. The first-order valence-corrected chi connectivity index (χ1v) is 7.03. The molecule has 1 N–H and O–H groups in total. The molecule has 0 amide bonds. The molecule has 2 aromatic carbocycles. The Kier molecular flexibility index (Phi) is 3.50. The molecule has 0 bridgehead atoms. The third-order valence-corrected chi connectivity index (χ3v) is 4.10. The molecule has 0 saturated carbocycles. The molecule has 1 heterocycles. The smallest absolute Gasteiger partial charge is 0.147 e. The summed E-state index contributed by atoms with van der Waals surface area (Å²) in [7, 11) is 0. The highest BCUT2D eigenvalue weighted by Gasteiger charge is 2.12. The summed E-state index contributed by atoms with van der Waals surface area (Å²) in [5, 5.41) is 18.9. The van der Waals surface area contributed by atoms with Gasteiger partial charge in [0.25, 0.3) is 0 Å². The van der Waals surface area contributed by atoms with Crippen LogP contribution in [0.1, 0.15) is 11.1 Å². The Morgan fingerprint density at radius 3 is 2.76 bits per heavy atom. The van der Waals surface area contributed by atoms with E-state index in [1.165, 1.54) is 6.07 Å². The van der Waals surface area contributed by atoms with Gasteiger partial charge in [0.1, 0.15) is 5.82 Å². The summed E-state index contributed by atoms with van der Waals surface area (Å²) in [6.07, 6.45) is 1.76. The number of fused-ring (bicyclic) bond motifs is 1. The third kappa shape index (κ3) is 2.33. The lowest BCUT2D eigenvalue weighted by Crippen LogP contribution is -1.99. The van der Waals surface area contributed by atoms with Crippen molar-refractivity contribution in [1.82, 2.24) is 4.57 Å². The van der Waals surface area contributed by atoms with E-state index in [1.54, 1.807) is 35.0 Å². The van der Waals surface area contributed by atoms with Crippen molar-refractivity contribution in [3.63, 3.8) is 0 Å². The Morgan fingerprint density at radius 2 is 2.05 bits per heavy atom. The van der Waals surface area contributed by atoms with Crippen LogP contribution in [0.15, 0.2) is 47.1 Å². The zero-order chi connectivity index (χ0) is 15.0. The van der Waals surface area contributed by atoms with Gasteiger partial charge in [0.15, 0.2) is 0 Å². The average Bonchev–Trinajstić information content (AvgIpc) is 2.91. The van der Waals surface area contributed by atoms with Crippen molar-refractivity contribution in [2.24, 2.45) is 0 Å². The van der Waals surface area contributed by atoms with E-state index < -0.39 is 5.82 Å². The molecule has 3 nitrogen and oxygen atoms in total. The SMILES string of the molecule is N#Cc1ccc2c(ccn2-c2cc(Br)c(CO)cc2F)c1. The number of rotatable bonds is 2. The van der Waals surface area contributed by atoms with Crippen LogP contribution in [0.3, 0.4) is 0 Å². The molecule has 104 valence electrons. The molecule has 5 heteroatoms. The van der Waals surface area contributed by atoms with E-state index in [1.807, 2.05) is 6.07 Å². The van der Waals surface area contributed by atoms with Crippen molar-refractivity contribution in [3.05, 3.63) is 64.0 Å². The number of aliphatic hydroxyl groups is 1. The zero-order valence-electron chi connectivity index (χ0n) is 10.8. The number of nitrogens with zero attached hydrogens (tertiary/aromatic N) is 2. The van der Waals surface area contributed by atoms with Crippen molar-refractivity contribution in [3.8, 4) is 11.8 Å². The third-order valence-electron chi connectivity index (χ3n) is 3.37. The molecular weight excluding hydrogens is 335 g/mol. The van der Waals surface area contributed by atoms with Gasteiger partial charge in [0.2, 0.25) is 0 Å². The fourth-order valence-corrected chi connectivity index (χ4v) is 2.76. The number of hydrogen-bond acceptors (Lipinski definition) is 2. The highest BCUT2D eigenvalue weighted by Crippen LogP contribution is 2.28. The van der Waals surface area contributed by atoms with Crippen LogP contribution in [0.2, 0.25) is 0 Å². The van der Waals surface area contributed by atoms with Crippen LogP contribution in [-0.2, 0) is 6.61 Å². The minimum atomic E-state index is -0.413. The van der Waals surface area contributed by atoms with Crippen molar-refractivity contribution >= 4 is 26.8 Å². The van der Waals surface area contributed by atoms with Gasteiger partial charge in [-0.1, -0.05) is 15.9 Å². The van der Waals surface area contributed by atoms with Crippen LogP contribution in [0, 0.1) is 17.1 Å². The summed E-state index contributed by atoms with van der Waals surface area (Å²) in [5.74, 6) is -0.413. The van der Waals surface area contributed by atoms with E-state index >= 15 is 0 Å². The summed E-state index contributed by atoms with van der Waals surface area (Å²) < 4.78 is 16.6. The number of benzene rings is 2. The normalized spacial score (nSPS) is 10.8. The largest absolute Gasteiger partial charge is 0.392 e. The van der Waals surface area contributed by atoms with Crippen LogP contribution in [0.5, 0.6) is 0 Å². The summed E-state index contributed by atoms with van der Waals surface area (Å²) in [6, 6.07) is 12.1. The number of hydrogen-bond donors (Lipinski definition) is 1. The number of nitriles is 1. The fraction of sp³-hybridized carbons (Fsp3) is 0.0625. The summed E-state index contributed by atoms with van der Waals surface area (Å²) in [4.78, 5) is 0. The van der Waals surface area contributed by atoms with Crippen molar-refractivity contribution in [2.75, 3.05) is 0 Å². The van der Waals surface area contributed by atoms with Crippen molar-refractivity contribution in [2.45, 2.75) is 6.61 Å². The van der Waals surface area contributed by atoms with Gasteiger partial charge in [-0.05, 0) is 42.0 Å². The summed E-state index contributed by atoms with van der Waals surface area (Å²) >= 11 is 3.33. The van der Waals surface area contributed by atoms with E-state index in [0.717, 1.165) is 10.9 Å². The van der Waals surface area contributed by atoms with E-state index in [4.69, 9.17) is 10.4 Å². The molecule has 0 radical (unpaired) electrons. The van der Waals surface area contributed by atoms with Crippen LogP contribution >= 0.6 is 15.9 Å². The Hall–Kier alpha value is -2.16. The molecule has 1 aromatic heterocycles. The first-order valence-electron chi connectivity index (χ1n) is 6.24. The first kappa shape index (κ1) is 13.8. The molecule has 0 spiro atoms. The second kappa shape index (κ2) is 5.32. The topological polar surface area (TPSA) is 49.0 Å². The molecule has 3 rings (SSSR count). The van der Waals surface area contributed by atoms with Gasteiger partial charge >= 0.3 is 0 Å². The lowest BCUT2D eigenvalue weighted by atomic mass is 10.1. The average molecular weight is 345 g/mol. The van der Waals surface area contributed by atoms with E-state index in [0.29, 0.717) is 21.3 Å². The standard InChI is InChI=1S/C16H10BrFN2O/c17-13-7-16(14(18)6-12(13)9-21)20-4-3-11-5-10(8-19)1-2-15(11)20/h1-7,21H,9H2. The highest BCUT2D eigenvalue weighted by molar-refractivity contribution is 9.10. The van der Waals surface area contributed by atoms with Gasteiger partial charge in [-0.2, -0.15) is 5.26 Å². The van der Waals surface area contributed by atoms with Crippen LogP contribution in [-0.4, -0.2) is 9.67 Å². The number of aromatic nitrogens is 1. The summed E-state index contributed by atoms with van der Waals surface area (Å²) in [5.41, 5.74) is 2.27. The Bertz CT molecular complexity index is 880. The first-order chi connectivity index (χ1) is 10.1. The maximum Gasteiger partial charge on any atom is 0.147 e. The van der Waals surface area contributed by atoms with Gasteiger partial charge in [0.05, 0.1) is 29.4 Å². The molecule has 0 aliphatic rings. The van der Waals surface area contributed by atoms with Crippen LogP contribution < -0.4 is 0 Å². The van der Waals surface area contributed by atoms with E-state index in [2.05, 4.69) is 22.0 Å². The lowest BCUT2D eigenvalue weighted by Gasteiger charge is -2.10. The molecule has 0 saturated heterocycles. The maximum atomic E-state index is 14.2. The molecule has 21 heavy (non-hydrogen) atoms. The second-order valence-electron chi connectivity index (χ2n) is 4.62. The number of aliphatic hydroxyl groups excluding tert-OH is 1. The highest BCUT2D eigenvalue weighted by atomic mass is 79.9. The fourth-order valence-electron chi connectivity index (χ4n) is 2.31. The van der Waals surface area contributed by atoms with E-state index in [-0.39, 0.29) is 6.61 Å². The number of halogens is 2. The minimum Gasteiger partial charge on any atom is -0.392 e. The Labute approximate surface area is 129 Å². The van der Waals surface area contributed by atoms with Crippen molar-refractivity contribution in [1.29, 1.82) is 5.26 Å². The van der Waals surface area contributed by atoms with E-state index in [9.17, 15) is 4.39 Å². The molecular formula is C16H10BrFN2O. The molecule has 0 fully saturated rings. The van der Waals surface area contributed by atoms with Gasteiger partial charge in [-0.15, -0.1) is 0 Å². The molecule has 0 unspecified atom stereocenters. The van der Waals surface area contributed by atoms with Gasteiger partial charge < -0.3 is 9.67 Å². The van der Waals surface area contributed by atoms with Crippen molar-refractivity contribution < 1.29 is 9.50 Å². The lowest BCUT2D eigenvalue weighted by molar-refractivity contribution is 0.280. The predicted octanol–water partition coefficient (Wildman–Crippen LogP) is 3.90. The Morgan fingerprint density at radius 1 is 1.24 bits per heavy atom. The van der Waals surface area contributed by atoms with Gasteiger partial charge in [-0.3, -0.25) is 0 Å². The second-order valence-corrected chi connectivity index (χ2v) is 5.48. The van der Waals surface area contributed by atoms with Gasteiger partial charge in [-0.25, -0.2) is 4.39 Å². The summed E-state index contributed by atoms with van der Waals surface area (Å²) in [6.45, 7) is -0.226.